The van der Waals surface area contributed by atoms with Gasteiger partial charge in [-0.05, 0) is 47.9 Å². The highest BCUT2D eigenvalue weighted by Gasteiger charge is 2.42. The Morgan fingerprint density at radius 3 is 2.88 bits per heavy atom. The highest BCUT2D eigenvalue weighted by Crippen LogP contribution is 2.50. The normalized spacial score (nSPS) is 20.4. The predicted octanol–water partition coefficient (Wildman–Crippen LogP) is 2.70. The molecule has 1 saturated carbocycles. The molecule has 0 amide bonds. The Balaban J connectivity index is 1.94. The van der Waals surface area contributed by atoms with Crippen molar-refractivity contribution in [2.45, 2.75) is 25.7 Å². The van der Waals surface area contributed by atoms with Gasteiger partial charge in [-0.3, -0.25) is 0 Å². The largest absolute Gasteiger partial charge is 0.493 e. The molecule has 86 valence electrons. The van der Waals surface area contributed by atoms with Gasteiger partial charge < -0.3 is 9.84 Å². The van der Waals surface area contributed by atoms with Gasteiger partial charge in [0.15, 0.2) is 0 Å². The number of ether oxygens (including phenoxy) is 1. The SMILES string of the molecule is OCC1(Cc2cc(Br)cc3c2OCC3)CC1. The minimum Gasteiger partial charge on any atom is -0.493 e. The average molecular weight is 283 g/mol. The lowest BCUT2D eigenvalue weighted by molar-refractivity contribution is 0.210. The van der Waals surface area contributed by atoms with Crippen LogP contribution in [0.3, 0.4) is 0 Å². The Hall–Kier alpha value is -0.540. The molecule has 2 aliphatic rings. The lowest BCUT2D eigenvalue weighted by Gasteiger charge is -2.14. The summed E-state index contributed by atoms with van der Waals surface area (Å²) < 4.78 is 6.83. The molecule has 1 aromatic carbocycles. The van der Waals surface area contributed by atoms with Gasteiger partial charge in [0.2, 0.25) is 0 Å². The van der Waals surface area contributed by atoms with Crippen LogP contribution in [0.4, 0.5) is 0 Å². The molecule has 0 saturated heterocycles. The third-order valence-corrected chi connectivity index (χ3v) is 4.14. The maximum atomic E-state index is 9.38. The molecular formula is C13H15BrO2. The van der Waals surface area contributed by atoms with E-state index in [9.17, 15) is 5.11 Å². The zero-order valence-corrected chi connectivity index (χ0v) is 10.7. The maximum absolute atomic E-state index is 9.38. The van der Waals surface area contributed by atoms with Gasteiger partial charge in [0, 0.05) is 17.5 Å². The van der Waals surface area contributed by atoms with E-state index in [-0.39, 0.29) is 5.41 Å². The third-order valence-electron chi connectivity index (χ3n) is 3.68. The number of aliphatic hydroxyl groups excluding tert-OH is 1. The summed E-state index contributed by atoms with van der Waals surface area (Å²) in [5.74, 6) is 1.07. The summed E-state index contributed by atoms with van der Waals surface area (Å²) in [6.45, 7) is 1.10. The van der Waals surface area contributed by atoms with E-state index in [1.54, 1.807) is 0 Å². The molecule has 0 bridgehead atoms. The molecule has 3 heteroatoms. The van der Waals surface area contributed by atoms with Crippen LogP contribution >= 0.6 is 15.9 Å². The summed E-state index contributed by atoms with van der Waals surface area (Å²) in [5, 5.41) is 9.38. The fraction of sp³-hybridized carbons (Fsp3) is 0.538. The zero-order valence-electron chi connectivity index (χ0n) is 9.13. The van der Waals surface area contributed by atoms with Gasteiger partial charge in [-0.25, -0.2) is 0 Å². The van der Waals surface area contributed by atoms with E-state index in [0.717, 1.165) is 42.5 Å². The highest BCUT2D eigenvalue weighted by molar-refractivity contribution is 9.10. The Bertz CT molecular complexity index is 424. The van der Waals surface area contributed by atoms with Crippen molar-refractivity contribution in [2.75, 3.05) is 13.2 Å². The molecule has 1 N–H and O–H groups in total. The molecule has 0 unspecified atom stereocenters. The van der Waals surface area contributed by atoms with Crippen molar-refractivity contribution in [2.24, 2.45) is 5.41 Å². The second-order valence-corrected chi connectivity index (χ2v) is 5.90. The molecule has 0 atom stereocenters. The van der Waals surface area contributed by atoms with Gasteiger partial charge in [-0.1, -0.05) is 15.9 Å². The number of halogens is 1. The Morgan fingerprint density at radius 2 is 2.19 bits per heavy atom. The second kappa shape index (κ2) is 3.74. The van der Waals surface area contributed by atoms with Crippen LogP contribution in [0.2, 0.25) is 0 Å². The number of fused-ring (bicyclic) bond motifs is 1. The van der Waals surface area contributed by atoms with Crippen molar-refractivity contribution in [3.8, 4) is 5.75 Å². The van der Waals surface area contributed by atoms with Gasteiger partial charge in [0.05, 0.1) is 6.61 Å². The minimum atomic E-state index is 0.153. The first kappa shape index (κ1) is 10.6. The summed E-state index contributed by atoms with van der Waals surface area (Å²) in [4.78, 5) is 0. The van der Waals surface area contributed by atoms with E-state index >= 15 is 0 Å². The summed E-state index contributed by atoms with van der Waals surface area (Å²) >= 11 is 3.55. The van der Waals surface area contributed by atoms with E-state index in [2.05, 4.69) is 28.1 Å². The number of hydrogen-bond acceptors (Lipinski definition) is 2. The fourth-order valence-electron chi connectivity index (χ4n) is 2.45. The van der Waals surface area contributed by atoms with Crippen molar-refractivity contribution >= 4 is 15.9 Å². The molecule has 1 aliphatic carbocycles. The molecule has 16 heavy (non-hydrogen) atoms. The predicted molar refractivity (Wildman–Crippen MR) is 65.8 cm³/mol. The molecule has 1 aromatic rings. The molecular weight excluding hydrogens is 268 g/mol. The Morgan fingerprint density at radius 1 is 1.38 bits per heavy atom. The molecule has 0 aromatic heterocycles. The Labute approximate surface area is 104 Å². The Kier molecular flexibility index (Phi) is 2.48. The van der Waals surface area contributed by atoms with Crippen LogP contribution in [0.15, 0.2) is 16.6 Å². The van der Waals surface area contributed by atoms with E-state index in [1.807, 2.05) is 0 Å². The zero-order chi connectivity index (χ0) is 11.2. The van der Waals surface area contributed by atoms with Gasteiger partial charge in [-0.2, -0.15) is 0 Å². The lowest BCUT2D eigenvalue weighted by Crippen LogP contribution is -2.10. The number of aliphatic hydroxyl groups is 1. The molecule has 2 nitrogen and oxygen atoms in total. The summed E-state index contributed by atoms with van der Waals surface area (Å²) in [7, 11) is 0. The summed E-state index contributed by atoms with van der Waals surface area (Å²) in [5.41, 5.74) is 2.71. The van der Waals surface area contributed by atoms with E-state index in [4.69, 9.17) is 4.74 Å². The second-order valence-electron chi connectivity index (χ2n) is 4.99. The van der Waals surface area contributed by atoms with Gasteiger partial charge >= 0.3 is 0 Å². The first-order chi connectivity index (χ1) is 7.72. The standard InChI is InChI=1S/C13H15BrO2/c14-11-5-9-1-4-16-12(9)10(6-11)7-13(8-15)2-3-13/h5-6,15H,1-4,7-8H2. The fourth-order valence-corrected chi connectivity index (χ4v) is 3.00. The van der Waals surface area contributed by atoms with Crippen LogP contribution in [0.1, 0.15) is 24.0 Å². The monoisotopic (exact) mass is 282 g/mol. The van der Waals surface area contributed by atoms with E-state index in [0.29, 0.717) is 6.61 Å². The quantitative estimate of drug-likeness (QED) is 0.924. The van der Waals surface area contributed by atoms with E-state index in [1.165, 1.54) is 11.1 Å². The lowest BCUT2D eigenvalue weighted by atomic mass is 9.95. The van der Waals surface area contributed by atoms with E-state index < -0.39 is 0 Å². The van der Waals surface area contributed by atoms with Crippen LogP contribution < -0.4 is 4.74 Å². The van der Waals surface area contributed by atoms with Crippen LogP contribution in [-0.2, 0) is 12.8 Å². The topological polar surface area (TPSA) is 29.5 Å². The van der Waals surface area contributed by atoms with Crippen molar-refractivity contribution in [3.63, 3.8) is 0 Å². The number of benzene rings is 1. The first-order valence-corrected chi connectivity index (χ1v) is 6.57. The highest BCUT2D eigenvalue weighted by atomic mass is 79.9. The van der Waals surface area contributed by atoms with Crippen molar-refractivity contribution in [1.29, 1.82) is 0 Å². The van der Waals surface area contributed by atoms with Crippen molar-refractivity contribution < 1.29 is 9.84 Å². The minimum absolute atomic E-state index is 0.153. The van der Waals surface area contributed by atoms with Crippen LogP contribution in [0, 0.1) is 5.41 Å². The smallest absolute Gasteiger partial charge is 0.125 e. The molecule has 3 rings (SSSR count). The van der Waals surface area contributed by atoms with Gasteiger partial charge in [0.1, 0.15) is 5.75 Å². The molecule has 1 aliphatic heterocycles. The molecule has 0 radical (unpaired) electrons. The number of rotatable bonds is 3. The van der Waals surface area contributed by atoms with Gasteiger partial charge in [0.25, 0.3) is 0 Å². The van der Waals surface area contributed by atoms with Crippen LogP contribution in [0.25, 0.3) is 0 Å². The number of hydrogen-bond donors (Lipinski definition) is 1. The summed E-state index contributed by atoms with van der Waals surface area (Å²) in [6.07, 6.45) is 4.24. The summed E-state index contributed by atoms with van der Waals surface area (Å²) in [6, 6.07) is 4.28. The van der Waals surface area contributed by atoms with Crippen molar-refractivity contribution in [3.05, 3.63) is 27.7 Å². The van der Waals surface area contributed by atoms with Crippen molar-refractivity contribution in [1.82, 2.24) is 0 Å². The molecule has 1 fully saturated rings. The molecule has 1 heterocycles. The van der Waals surface area contributed by atoms with Gasteiger partial charge in [-0.15, -0.1) is 0 Å². The maximum Gasteiger partial charge on any atom is 0.125 e. The average Bonchev–Trinajstić information content (AvgIpc) is 2.87. The molecule has 0 spiro atoms. The third kappa shape index (κ3) is 1.76. The first-order valence-electron chi connectivity index (χ1n) is 5.77. The van der Waals surface area contributed by atoms with Crippen LogP contribution in [0.5, 0.6) is 5.75 Å². The van der Waals surface area contributed by atoms with Crippen LogP contribution in [-0.4, -0.2) is 18.3 Å².